The summed E-state index contributed by atoms with van der Waals surface area (Å²) in [6.07, 6.45) is 0.814. The van der Waals surface area contributed by atoms with Crippen LogP contribution in [-0.4, -0.2) is 33.4 Å². The van der Waals surface area contributed by atoms with Crippen molar-refractivity contribution < 1.29 is 14.3 Å². The van der Waals surface area contributed by atoms with E-state index in [0.29, 0.717) is 18.0 Å². The third-order valence-corrected chi connectivity index (χ3v) is 4.59. The van der Waals surface area contributed by atoms with Crippen LogP contribution in [0, 0.1) is 6.92 Å². The minimum Gasteiger partial charge on any atom is -0.494 e. The topological polar surface area (TPSA) is 98.1 Å². The number of benzene rings is 2. The van der Waals surface area contributed by atoms with Gasteiger partial charge in [-0.3, -0.25) is 9.59 Å². The highest BCUT2D eigenvalue weighted by atomic mass is 16.5. The number of hydrogen-bond acceptors (Lipinski definition) is 5. The van der Waals surface area contributed by atoms with Crippen LogP contribution in [-0.2, 0) is 17.8 Å². The van der Waals surface area contributed by atoms with Crippen molar-refractivity contribution in [1.29, 1.82) is 0 Å². The number of hydrogen-bond donors (Lipinski definition) is 2. The molecule has 0 saturated heterocycles. The van der Waals surface area contributed by atoms with Gasteiger partial charge in [0.1, 0.15) is 12.3 Å². The van der Waals surface area contributed by atoms with Gasteiger partial charge in [-0.05, 0) is 56.2 Å². The zero-order valence-corrected chi connectivity index (χ0v) is 17.3. The molecule has 0 aliphatic heterocycles. The highest BCUT2D eigenvalue weighted by Crippen LogP contribution is 2.17. The fourth-order valence-electron chi connectivity index (χ4n) is 2.99. The molecule has 0 aliphatic rings. The number of aromatic nitrogens is 3. The maximum atomic E-state index is 12.6. The number of rotatable bonds is 8. The van der Waals surface area contributed by atoms with Crippen LogP contribution >= 0.6 is 0 Å². The summed E-state index contributed by atoms with van der Waals surface area (Å²) in [6, 6.07) is 14.7. The summed E-state index contributed by atoms with van der Waals surface area (Å²) in [6.45, 7) is 6.19. The van der Waals surface area contributed by atoms with Crippen LogP contribution in [0.25, 0.3) is 0 Å². The summed E-state index contributed by atoms with van der Waals surface area (Å²) in [4.78, 5) is 25.0. The molecule has 30 heavy (non-hydrogen) atoms. The van der Waals surface area contributed by atoms with E-state index in [1.165, 1.54) is 4.68 Å². The number of aryl methyl sites for hydroxylation is 1. The number of nitrogens with zero attached hydrogens (tertiary/aromatic N) is 3. The minimum atomic E-state index is -0.389. The minimum absolute atomic E-state index is 0.0345. The van der Waals surface area contributed by atoms with Crippen LogP contribution in [0.2, 0.25) is 0 Å². The summed E-state index contributed by atoms with van der Waals surface area (Å²) in [7, 11) is 0. The van der Waals surface area contributed by atoms with E-state index in [0.717, 1.165) is 23.4 Å². The number of carbonyl (C=O) groups excluding carboxylic acids is 2. The van der Waals surface area contributed by atoms with Gasteiger partial charge in [0, 0.05) is 11.4 Å². The number of nitrogens with one attached hydrogen (secondary N) is 2. The van der Waals surface area contributed by atoms with Crippen molar-refractivity contribution in [1.82, 2.24) is 15.0 Å². The van der Waals surface area contributed by atoms with Gasteiger partial charge in [0.2, 0.25) is 5.91 Å². The first-order chi connectivity index (χ1) is 14.5. The molecule has 3 aromatic rings. The van der Waals surface area contributed by atoms with Crippen molar-refractivity contribution in [3.05, 3.63) is 65.5 Å². The molecule has 2 aromatic carbocycles. The lowest BCUT2D eigenvalue weighted by Crippen LogP contribution is -2.21. The molecule has 8 nitrogen and oxygen atoms in total. The first kappa shape index (κ1) is 21.0. The van der Waals surface area contributed by atoms with E-state index < -0.39 is 0 Å². The van der Waals surface area contributed by atoms with E-state index in [2.05, 4.69) is 20.9 Å². The molecule has 1 aromatic heterocycles. The van der Waals surface area contributed by atoms with Gasteiger partial charge < -0.3 is 15.4 Å². The predicted octanol–water partition coefficient (Wildman–Crippen LogP) is 3.44. The van der Waals surface area contributed by atoms with Gasteiger partial charge in [0.05, 0.1) is 12.3 Å². The van der Waals surface area contributed by atoms with E-state index >= 15 is 0 Å². The number of ether oxygens (including phenoxy) is 1. The lowest BCUT2D eigenvalue weighted by atomic mass is 10.1. The Labute approximate surface area is 175 Å². The molecule has 0 fully saturated rings. The zero-order valence-electron chi connectivity index (χ0n) is 17.3. The highest BCUT2D eigenvalue weighted by molar-refractivity contribution is 6.03. The maximum absolute atomic E-state index is 12.6. The molecular weight excluding hydrogens is 382 g/mol. The van der Waals surface area contributed by atoms with E-state index in [1.807, 2.05) is 38.1 Å². The van der Waals surface area contributed by atoms with Gasteiger partial charge in [-0.2, -0.15) is 0 Å². The average molecular weight is 407 g/mol. The van der Waals surface area contributed by atoms with Crippen LogP contribution in [0.15, 0.2) is 48.5 Å². The Hall–Kier alpha value is -3.68. The monoisotopic (exact) mass is 407 g/mol. The molecule has 8 heteroatoms. The van der Waals surface area contributed by atoms with Crippen molar-refractivity contribution in [2.24, 2.45) is 0 Å². The third-order valence-electron chi connectivity index (χ3n) is 4.59. The van der Waals surface area contributed by atoms with E-state index in [4.69, 9.17) is 4.74 Å². The normalized spacial score (nSPS) is 10.5. The Morgan fingerprint density at radius 2 is 1.77 bits per heavy atom. The quantitative estimate of drug-likeness (QED) is 0.596. The molecule has 0 bridgehead atoms. The lowest BCUT2D eigenvalue weighted by molar-refractivity contribution is -0.117. The summed E-state index contributed by atoms with van der Waals surface area (Å²) >= 11 is 0. The summed E-state index contributed by atoms with van der Waals surface area (Å²) < 4.78 is 6.80. The number of amides is 2. The van der Waals surface area contributed by atoms with Crippen LogP contribution < -0.4 is 15.4 Å². The second kappa shape index (κ2) is 9.69. The molecule has 0 radical (unpaired) electrons. The van der Waals surface area contributed by atoms with E-state index in [9.17, 15) is 9.59 Å². The highest BCUT2D eigenvalue weighted by Gasteiger charge is 2.18. The zero-order chi connectivity index (χ0) is 21.5. The smallest absolute Gasteiger partial charge is 0.278 e. The standard InChI is InChI=1S/C22H25N5O3/c1-4-16-8-6-7-9-19(16)24-20(28)14-27-15(3)21(25-26-27)22(29)23-17-10-12-18(13-11-17)30-5-2/h6-13H,4-5,14H2,1-3H3,(H,23,29)(H,24,28). The largest absolute Gasteiger partial charge is 0.494 e. The van der Waals surface area contributed by atoms with Gasteiger partial charge in [-0.25, -0.2) is 4.68 Å². The Kier molecular flexibility index (Phi) is 6.79. The Bertz CT molecular complexity index is 1030. The van der Waals surface area contributed by atoms with Crippen LogP contribution in [0.1, 0.15) is 35.6 Å². The number of carbonyl (C=O) groups is 2. The van der Waals surface area contributed by atoms with Crippen LogP contribution in [0.5, 0.6) is 5.75 Å². The van der Waals surface area contributed by atoms with E-state index in [-0.39, 0.29) is 24.1 Å². The Morgan fingerprint density at radius 3 is 2.47 bits per heavy atom. The fourth-order valence-corrected chi connectivity index (χ4v) is 2.99. The second-order valence-electron chi connectivity index (χ2n) is 6.65. The van der Waals surface area contributed by atoms with Crippen LogP contribution in [0.3, 0.4) is 0 Å². The predicted molar refractivity (Wildman–Crippen MR) is 115 cm³/mol. The molecular formula is C22H25N5O3. The van der Waals surface area contributed by atoms with Gasteiger partial charge in [-0.15, -0.1) is 5.10 Å². The molecule has 1 heterocycles. The summed E-state index contributed by atoms with van der Waals surface area (Å²) in [5, 5.41) is 13.6. The first-order valence-corrected chi connectivity index (χ1v) is 9.83. The van der Waals surface area contributed by atoms with Crippen molar-refractivity contribution in [2.75, 3.05) is 17.2 Å². The SMILES string of the molecule is CCOc1ccc(NC(=O)c2nnn(CC(=O)Nc3ccccc3CC)c2C)cc1. The Morgan fingerprint density at radius 1 is 1.03 bits per heavy atom. The summed E-state index contributed by atoms with van der Waals surface area (Å²) in [5.74, 6) is 0.107. The fraction of sp³-hybridized carbons (Fsp3) is 0.273. The third kappa shape index (κ3) is 5.02. The molecule has 0 atom stereocenters. The molecule has 3 rings (SSSR count). The van der Waals surface area contributed by atoms with Gasteiger partial charge in [-0.1, -0.05) is 30.3 Å². The first-order valence-electron chi connectivity index (χ1n) is 9.83. The molecule has 156 valence electrons. The van der Waals surface area contributed by atoms with Gasteiger partial charge in [0.15, 0.2) is 5.69 Å². The van der Waals surface area contributed by atoms with Gasteiger partial charge in [0.25, 0.3) is 5.91 Å². The molecule has 0 saturated carbocycles. The van der Waals surface area contributed by atoms with Gasteiger partial charge >= 0.3 is 0 Å². The van der Waals surface area contributed by atoms with Crippen molar-refractivity contribution in [3.63, 3.8) is 0 Å². The van der Waals surface area contributed by atoms with Crippen LogP contribution in [0.4, 0.5) is 11.4 Å². The number of anilines is 2. The Balaban J connectivity index is 1.64. The number of para-hydroxylation sites is 1. The summed E-state index contributed by atoms with van der Waals surface area (Å²) in [5.41, 5.74) is 3.13. The van der Waals surface area contributed by atoms with E-state index in [1.54, 1.807) is 31.2 Å². The van der Waals surface area contributed by atoms with Crippen molar-refractivity contribution >= 4 is 23.2 Å². The lowest BCUT2D eigenvalue weighted by Gasteiger charge is -2.10. The average Bonchev–Trinajstić information content (AvgIpc) is 3.10. The maximum Gasteiger partial charge on any atom is 0.278 e. The molecule has 2 amide bonds. The second-order valence-corrected chi connectivity index (χ2v) is 6.65. The molecule has 0 aliphatic carbocycles. The molecule has 2 N–H and O–H groups in total. The van der Waals surface area contributed by atoms with Crippen molar-refractivity contribution in [3.8, 4) is 5.75 Å². The van der Waals surface area contributed by atoms with Crippen molar-refractivity contribution in [2.45, 2.75) is 33.7 Å². The molecule has 0 unspecified atom stereocenters. The molecule has 0 spiro atoms.